The van der Waals surface area contributed by atoms with Crippen LogP contribution in [0.1, 0.15) is 12.0 Å². The number of hydrogen-bond acceptors (Lipinski definition) is 5. The summed E-state index contributed by atoms with van der Waals surface area (Å²) in [6, 6.07) is 8.27. The van der Waals surface area contributed by atoms with Crippen molar-refractivity contribution in [1.29, 1.82) is 0 Å². The van der Waals surface area contributed by atoms with Crippen LogP contribution in [0.2, 0.25) is 10.0 Å². The smallest absolute Gasteiger partial charge is 0.358 e. The molecule has 0 atom stereocenters. The Morgan fingerprint density at radius 3 is 2.59 bits per heavy atom. The molecule has 1 aromatic carbocycles. The molecule has 0 unspecified atom stereocenters. The monoisotopic (exact) mass is 408 g/mol. The number of nitrogens with zero attached hydrogens (tertiary/aromatic N) is 5. The third-order valence-electron chi connectivity index (χ3n) is 3.62. The van der Waals surface area contributed by atoms with Crippen LogP contribution in [0, 0.1) is 10.1 Å². The fraction of sp³-hybridized carbons (Fsp3) is 0.188. The largest absolute Gasteiger partial charge is 0.389 e. The number of carbonyl (C=O) groups excluding carboxylic acids is 1. The lowest BCUT2D eigenvalue weighted by molar-refractivity contribution is -0.389. The zero-order valence-electron chi connectivity index (χ0n) is 13.9. The maximum absolute atomic E-state index is 12.0. The van der Waals surface area contributed by atoms with Gasteiger partial charge in [0.1, 0.15) is 0 Å². The molecule has 0 aliphatic heterocycles. The highest BCUT2D eigenvalue weighted by Crippen LogP contribution is 2.23. The van der Waals surface area contributed by atoms with Gasteiger partial charge in [0, 0.05) is 18.7 Å². The van der Waals surface area contributed by atoms with E-state index in [0.717, 1.165) is 5.56 Å². The van der Waals surface area contributed by atoms with Crippen molar-refractivity contribution in [2.24, 2.45) is 0 Å². The molecule has 0 spiro atoms. The van der Waals surface area contributed by atoms with Gasteiger partial charge in [-0.1, -0.05) is 29.3 Å². The number of carbonyl (C=O) groups is 1. The Morgan fingerprint density at radius 2 is 1.89 bits per heavy atom. The van der Waals surface area contributed by atoms with E-state index in [1.165, 1.54) is 16.9 Å². The minimum absolute atomic E-state index is 0.110. The zero-order valence-corrected chi connectivity index (χ0v) is 15.4. The quantitative estimate of drug-likeness (QED) is 0.476. The van der Waals surface area contributed by atoms with Crippen LogP contribution in [0.5, 0.6) is 0 Å². The summed E-state index contributed by atoms with van der Waals surface area (Å²) in [4.78, 5) is 22.0. The SMILES string of the molecule is O=C(CCn1ccc([N+](=O)[O-])n1)Nc1ccn(Cc2ccc(Cl)c(Cl)c2)n1. The first-order valence-electron chi connectivity index (χ1n) is 7.86. The Bertz CT molecular complexity index is 984. The zero-order chi connectivity index (χ0) is 19.4. The van der Waals surface area contributed by atoms with Crippen LogP contribution in [0.4, 0.5) is 11.6 Å². The summed E-state index contributed by atoms with van der Waals surface area (Å²) in [5.74, 6) is -0.115. The molecule has 0 saturated carbocycles. The molecule has 3 rings (SSSR count). The van der Waals surface area contributed by atoms with Gasteiger partial charge in [0.05, 0.1) is 40.5 Å². The highest BCUT2D eigenvalue weighted by Gasteiger charge is 2.12. The van der Waals surface area contributed by atoms with Crippen molar-refractivity contribution in [3.05, 3.63) is 68.4 Å². The summed E-state index contributed by atoms with van der Waals surface area (Å²) in [6.07, 6.45) is 3.30. The minimum atomic E-state index is -0.586. The van der Waals surface area contributed by atoms with Crippen LogP contribution in [0.3, 0.4) is 0 Å². The number of nitrogens with one attached hydrogen (secondary N) is 1. The van der Waals surface area contributed by atoms with Crippen molar-refractivity contribution < 1.29 is 9.72 Å². The van der Waals surface area contributed by atoms with E-state index >= 15 is 0 Å². The molecule has 0 aliphatic carbocycles. The summed E-state index contributed by atoms with van der Waals surface area (Å²) < 4.78 is 3.01. The number of rotatable bonds is 7. The lowest BCUT2D eigenvalue weighted by atomic mass is 10.2. The fourth-order valence-electron chi connectivity index (χ4n) is 2.34. The van der Waals surface area contributed by atoms with Crippen LogP contribution >= 0.6 is 23.2 Å². The molecule has 0 saturated heterocycles. The molecular formula is C16H14Cl2N6O3. The summed E-state index contributed by atoms with van der Waals surface area (Å²) in [7, 11) is 0. The van der Waals surface area contributed by atoms with E-state index in [9.17, 15) is 14.9 Å². The lowest BCUT2D eigenvalue weighted by Gasteiger charge is -2.04. The number of halogens is 2. The van der Waals surface area contributed by atoms with E-state index in [1.807, 2.05) is 6.07 Å². The van der Waals surface area contributed by atoms with Gasteiger partial charge in [-0.25, -0.2) is 0 Å². The standard InChI is InChI=1S/C16H14Cl2N6O3/c17-12-2-1-11(9-13(12)18)10-23-6-3-14(20-23)19-16(25)5-8-22-7-4-15(21-22)24(26)27/h1-4,6-7,9H,5,8,10H2,(H,19,20,25). The number of aryl methyl sites for hydroxylation is 1. The topological polar surface area (TPSA) is 108 Å². The molecular weight excluding hydrogens is 395 g/mol. The van der Waals surface area contributed by atoms with Gasteiger partial charge in [-0.3, -0.25) is 9.48 Å². The second kappa shape index (κ2) is 8.19. The number of amides is 1. The summed E-state index contributed by atoms with van der Waals surface area (Å²) >= 11 is 11.9. The van der Waals surface area contributed by atoms with Crippen LogP contribution < -0.4 is 5.32 Å². The minimum Gasteiger partial charge on any atom is -0.358 e. The number of benzene rings is 1. The van der Waals surface area contributed by atoms with Gasteiger partial charge in [0.2, 0.25) is 5.91 Å². The molecule has 3 aromatic rings. The van der Waals surface area contributed by atoms with Gasteiger partial charge in [-0.2, -0.15) is 9.78 Å². The predicted octanol–water partition coefficient (Wildman–Crippen LogP) is 3.37. The van der Waals surface area contributed by atoms with Gasteiger partial charge in [0.25, 0.3) is 0 Å². The van der Waals surface area contributed by atoms with Crippen molar-refractivity contribution in [2.45, 2.75) is 19.5 Å². The van der Waals surface area contributed by atoms with Crippen molar-refractivity contribution in [2.75, 3.05) is 5.32 Å². The predicted molar refractivity (Wildman–Crippen MR) is 99.9 cm³/mol. The van der Waals surface area contributed by atoms with Crippen molar-refractivity contribution in [3.63, 3.8) is 0 Å². The first kappa shape index (κ1) is 18.9. The van der Waals surface area contributed by atoms with E-state index < -0.39 is 4.92 Å². The first-order valence-corrected chi connectivity index (χ1v) is 8.61. The third kappa shape index (κ3) is 5.05. The van der Waals surface area contributed by atoms with Crippen LogP contribution in [-0.2, 0) is 17.9 Å². The number of aromatic nitrogens is 4. The van der Waals surface area contributed by atoms with Gasteiger partial charge in [-0.15, -0.1) is 0 Å². The van der Waals surface area contributed by atoms with E-state index in [4.69, 9.17) is 23.2 Å². The Kier molecular flexibility index (Phi) is 5.72. The molecule has 11 heteroatoms. The van der Waals surface area contributed by atoms with E-state index in [1.54, 1.807) is 29.1 Å². The van der Waals surface area contributed by atoms with Crippen molar-refractivity contribution >= 4 is 40.7 Å². The van der Waals surface area contributed by atoms with Crippen LogP contribution in [-0.4, -0.2) is 30.4 Å². The molecule has 2 heterocycles. The Hall–Kier alpha value is -2.91. The number of nitro groups is 1. The van der Waals surface area contributed by atoms with Gasteiger partial charge >= 0.3 is 5.82 Å². The Morgan fingerprint density at radius 1 is 1.11 bits per heavy atom. The second-order valence-corrected chi connectivity index (χ2v) is 6.45. The summed E-state index contributed by atoms with van der Waals surface area (Å²) in [5.41, 5.74) is 0.922. The molecule has 1 N–H and O–H groups in total. The molecule has 0 radical (unpaired) electrons. The van der Waals surface area contributed by atoms with Gasteiger partial charge in [0.15, 0.2) is 5.82 Å². The normalized spacial score (nSPS) is 10.7. The molecule has 0 bridgehead atoms. The van der Waals surface area contributed by atoms with Gasteiger partial charge < -0.3 is 15.4 Å². The summed E-state index contributed by atoms with van der Waals surface area (Å²) in [5, 5.41) is 22.2. The molecule has 9 nitrogen and oxygen atoms in total. The van der Waals surface area contributed by atoms with Gasteiger partial charge in [-0.05, 0) is 22.6 Å². The molecule has 0 aliphatic rings. The van der Waals surface area contributed by atoms with E-state index in [0.29, 0.717) is 22.4 Å². The average Bonchev–Trinajstić information content (AvgIpc) is 3.26. The molecule has 0 fully saturated rings. The van der Waals surface area contributed by atoms with E-state index in [2.05, 4.69) is 15.5 Å². The lowest BCUT2D eigenvalue weighted by Crippen LogP contribution is -2.15. The Balaban J connectivity index is 1.52. The third-order valence-corrected chi connectivity index (χ3v) is 4.36. The van der Waals surface area contributed by atoms with Crippen LogP contribution in [0.15, 0.2) is 42.7 Å². The number of hydrogen-bond donors (Lipinski definition) is 1. The van der Waals surface area contributed by atoms with Crippen molar-refractivity contribution in [1.82, 2.24) is 19.6 Å². The fourth-order valence-corrected chi connectivity index (χ4v) is 2.66. The van der Waals surface area contributed by atoms with Crippen LogP contribution in [0.25, 0.3) is 0 Å². The molecule has 1 amide bonds. The average molecular weight is 409 g/mol. The highest BCUT2D eigenvalue weighted by molar-refractivity contribution is 6.42. The summed E-state index contributed by atoms with van der Waals surface area (Å²) in [6.45, 7) is 0.702. The molecule has 140 valence electrons. The second-order valence-electron chi connectivity index (χ2n) is 5.64. The maximum Gasteiger partial charge on any atom is 0.389 e. The molecule has 27 heavy (non-hydrogen) atoms. The highest BCUT2D eigenvalue weighted by atomic mass is 35.5. The van der Waals surface area contributed by atoms with Crippen molar-refractivity contribution in [3.8, 4) is 0 Å². The number of anilines is 1. The maximum atomic E-state index is 12.0. The van der Waals surface area contributed by atoms with E-state index in [-0.39, 0.29) is 24.7 Å². The Labute approximate surface area is 163 Å². The first-order chi connectivity index (χ1) is 12.9. The molecule has 2 aromatic heterocycles.